The maximum Gasteiger partial charge on any atom is 0.280 e. The van der Waals surface area contributed by atoms with Gasteiger partial charge in [0.2, 0.25) is 0 Å². The van der Waals surface area contributed by atoms with E-state index in [0.29, 0.717) is 0 Å². The van der Waals surface area contributed by atoms with Gasteiger partial charge in [-0.05, 0) is 6.07 Å². The second kappa shape index (κ2) is 3.53. The summed E-state index contributed by atoms with van der Waals surface area (Å²) >= 11 is 0. The van der Waals surface area contributed by atoms with Crippen LogP contribution in [0.4, 0.5) is 13.2 Å². The first kappa shape index (κ1) is 8.99. The van der Waals surface area contributed by atoms with Gasteiger partial charge >= 0.3 is 0 Å². The van der Waals surface area contributed by atoms with Crippen molar-refractivity contribution >= 4 is 0 Å². The second-order valence-electron chi connectivity index (χ2n) is 2.21. The van der Waals surface area contributed by atoms with E-state index in [-0.39, 0.29) is 12.1 Å². The fourth-order valence-electron chi connectivity index (χ4n) is 0.775. The fraction of sp³-hybridized carbons (Fsp3) is 0.286. The summed E-state index contributed by atoms with van der Waals surface area (Å²) in [5.41, 5.74) is 4.72. The average Bonchev–Trinajstić information content (AvgIpc) is 2.05. The number of halogens is 3. The third-order valence-electron chi connectivity index (χ3n) is 1.40. The van der Waals surface area contributed by atoms with Crippen molar-refractivity contribution in [3.05, 3.63) is 29.3 Å². The lowest BCUT2D eigenvalue weighted by Gasteiger charge is -2.02. The van der Waals surface area contributed by atoms with Crippen molar-refractivity contribution in [1.29, 1.82) is 0 Å². The molecule has 0 atom stereocenters. The lowest BCUT2D eigenvalue weighted by molar-refractivity contribution is 0.145. The molecule has 2 nitrogen and oxygen atoms in total. The Bertz CT molecular complexity index is 275. The predicted octanol–water partition coefficient (Wildman–Crippen LogP) is 1.62. The SMILES string of the molecule is NCc1cc(C(F)F)ncc1F. The Balaban J connectivity index is 3.05. The highest BCUT2D eigenvalue weighted by Gasteiger charge is 2.11. The molecule has 0 saturated carbocycles. The van der Waals surface area contributed by atoms with Gasteiger partial charge in [0.05, 0.1) is 6.20 Å². The van der Waals surface area contributed by atoms with Crippen LogP contribution in [-0.4, -0.2) is 4.98 Å². The average molecular weight is 176 g/mol. The zero-order valence-electron chi connectivity index (χ0n) is 6.10. The summed E-state index contributed by atoms with van der Waals surface area (Å²) in [6.07, 6.45) is -1.93. The van der Waals surface area contributed by atoms with Gasteiger partial charge in [-0.1, -0.05) is 0 Å². The van der Waals surface area contributed by atoms with E-state index < -0.39 is 17.9 Å². The molecular weight excluding hydrogens is 169 g/mol. The molecule has 0 fully saturated rings. The summed E-state index contributed by atoms with van der Waals surface area (Å²) in [6.45, 7) is -0.103. The molecule has 1 aromatic heterocycles. The largest absolute Gasteiger partial charge is 0.326 e. The highest BCUT2D eigenvalue weighted by atomic mass is 19.3. The van der Waals surface area contributed by atoms with Gasteiger partial charge < -0.3 is 5.73 Å². The van der Waals surface area contributed by atoms with E-state index in [1.54, 1.807) is 0 Å². The molecule has 0 aliphatic rings. The normalized spacial score (nSPS) is 10.8. The third-order valence-corrected chi connectivity index (χ3v) is 1.40. The van der Waals surface area contributed by atoms with Gasteiger partial charge in [0.15, 0.2) is 0 Å². The van der Waals surface area contributed by atoms with E-state index in [4.69, 9.17) is 5.73 Å². The van der Waals surface area contributed by atoms with Crippen molar-refractivity contribution in [3.63, 3.8) is 0 Å². The molecule has 1 aromatic rings. The highest BCUT2D eigenvalue weighted by molar-refractivity contribution is 5.18. The first-order chi connectivity index (χ1) is 5.65. The number of nitrogens with zero attached hydrogens (tertiary/aromatic N) is 1. The van der Waals surface area contributed by atoms with Crippen molar-refractivity contribution in [1.82, 2.24) is 4.98 Å². The van der Waals surface area contributed by atoms with Crippen LogP contribution in [0.3, 0.4) is 0 Å². The topological polar surface area (TPSA) is 38.9 Å². The molecule has 2 N–H and O–H groups in total. The van der Waals surface area contributed by atoms with Crippen LogP contribution >= 0.6 is 0 Å². The quantitative estimate of drug-likeness (QED) is 0.743. The molecule has 0 unspecified atom stereocenters. The zero-order valence-corrected chi connectivity index (χ0v) is 6.10. The van der Waals surface area contributed by atoms with E-state index >= 15 is 0 Å². The summed E-state index contributed by atoms with van der Waals surface area (Å²) in [5, 5.41) is 0. The molecular formula is C7H7F3N2. The van der Waals surface area contributed by atoms with Crippen molar-refractivity contribution in [2.75, 3.05) is 0 Å². The van der Waals surface area contributed by atoms with Gasteiger partial charge in [-0.2, -0.15) is 0 Å². The van der Waals surface area contributed by atoms with Crippen LogP contribution in [0.15, 0.2) is 12.3 Å². The maximum absolute atomic E-state index is 12.6. The van der Waals surface area contributed by atoms with Crippen LogP contribution in [-0.2, 0) is 6.54 Å². The summed E-state index contributed by atoms with van der Waals surface area (Å²) < 4.78 is 36.6. The number of nitrogens with two attached hydrogens (primary N) is 1. The molecule has 0 saturated heterocycles. The fourth-order valence-corrected chi connectivity index (χ4v) is 0.775. The minimum Gasteiger partial charge on any atom is -0.326 e. The highest BCUT2D eigenvalue weighted by Crippen LogP contribution is 2.18. The molecule has 0 aromatic carbocycles. The van der Waals surface area contributed by atoms with Gasteiger partial charge in [0.25, 0.3) is 6.43 Å². The summed E-state index contributed by atoms with van der Waals surface area (Å²) in [5.74, 6) is -0.651. The molecule has 5 heteroatoms. The van der Waals surface area contributed by atoms with Crippen molar-refractivity contribution < 1.29 is 13.2 Å². The van der Waals surface area contributed by atoms with Crippen molar-refractivity contribution in [3.8, 4) is 0 Å². The minimum absolute atomic E-state index is 0.0558. The second-order valence-corrected chi connectivity index (χ2v) is 2.21. The Morgan fingerprint density at radius 3 is 2.67 bits per heavy atom. The van der Waals surface area contributed by atoms with Gasteiger partial charge in [-0.25, -0.2) is 13.2 Å². The van der Waals surface area contributed by atoms with Crippen LogP contribution in [0.1, 0.15) is 17.7 Å². The Kier molecular flexibility index (Phi) is 2.65. The minimum atomic E-state index is -2.68. The number of alkyl halides is 2. The number of hydrogen-bond acceptors (Lipinski definition) is 2. The van der Waals surface area contributed by atoms with E-state index in [9.17, 15) is 13.2 Å². The van der Waals surface area contributed by atoms with E-state index in [0.717, 1.165) is 12.3 Å². The molecule has 1 heterocycles. The Labute approximate surface area is 67.2 Å². The molecule has 1 rings (SSSR count). The molecule has 12 heavy (non-hydrogen) atoms. The molecule has 0 amide bonds. The standard InChI is InChI=1S/C7H7F3N2/c8-5-3-12-6(7(9)10)1-4(5)2-11/h1,3,7H,2,11H2. The molecule has 0 aliphatic carbocycles. The Hall–Kier alpha value is -1.10. The smallest absolute Gasteiger partial charge is 0.280 e. The van der Waals surface area contributed by atoms with Crippen LogP contribution in [0, 0.1) is 5.82 Å². The monoisotopic (exact) mass is 176 g/mol. The van der Waals surface area contributed by atoms with Crippen molar-refractivity contribution in [2.24, 2.45) is 5.73 Å². The van der Waals surface area contributed by atoms with Gasteiger partial charge in [0.1, 0.15) is 11.5 Å². The molecule has 0 spiro atoms. The number of hydrogen-bond donors (Lipinski definition) is 1. The van der Waals surface area contributed by atoms with E-state index in [2.05, 4.69) is 4.98 Å². The van der Waals surface area contributed by atoms with Gasteiger partial charge in [0, 0.05) is 12.1 Å². The Morgan fingerprint density at radius 1 is 1.50 bits per heavy atom. The van der Waals surface area contributed by atoms with Crippen LogP contribution in [0.5, 0.6) is 0 Å². The first-order valence-electron chi connectivity index (χ1n) is 3.27. The number of aromatic nitrogens is 1. The first-order valence-corrected chi connectivity index (χ1v) is 3.27. The summed E-state index contributed by atoms with van der Waals surface area (Å²) in [7, 11) is 0. The van der Waals surface area contributed by atoms with Crippen LogP contribution < -0.4 is 5.73 Å². The molecule has 0 radical (unpaired) electrons. The molecule has 66 valence electrons. The zero-order chi connectivity index (χ0) is 9.14. The predicted molar refractivity (Wildman–Crippen MR) is 37.0 cm³/mol. The van der Waals surface area contributed by atoms with Gasteiger partial charge in [-0.15, -0.1) is 0 Å². The maximum atomic E-state index is 12.6. The summed E-state index contributed by atoms with van der Waals surface area (Å²) in [4.78, 5) is 3.21. The van der Waals surface area contributed by atoms with Crippen LogP contribution in [0.2, 0.25) is 0 Å². The van der Waals surface area contributed by atoms with Crippen molar-refractivity contribution in [2.45, 2.75) is 13.0 Å². The molecule has 0 aliphatic heterocycles. The lowest BCUT2D eigenvalue weighted by Crippen LogP contribution is -2.02. The van der Waals surface area contributed by atoms with E-state index in [1.807, 2.05) is 0 Å². The van der Waals surface area contributed by atoms with Gasteiger partial charge in [-0.3, -0.25) is 4.98 Å². The molecule has 0 bridgehead atoms. The lowest BCUT2D eigenvalue weighted by atomic mass is 10.2. The van der Waals surface area contributed by atoms with E-state index in [1.165, 1.54) is 0 Å². The third kappa shape index (κ3) is 1.73. The number of pyridine rings is 1. The Morgan fingerprint density at radius 2 is 2.17 bits per heavy atom. The van der Waals surface area contributed by atoms with Crippen LogP contribution in [0.25, 0.3) is 0 Å². The number of rotatable bonds is 2. The summed E-state index contributed by atoms with van der Waals surface area (Å²) in [6, 6.07) is 0.972.